The molecule has 0 saturated carbocycles. The van der Waals surface area contributed by atoms with Crippen LogP contribution in [0.3, 0.4) is 0 Å². The Kier molecular flexibility index (Phi) is 4.42. The van der Waals surface area contributed by atoms with Crippen LogP contribution in [0.15, 0.2) is 36.4 Å². The van der Waals surface area contributed by atoms with Gasteiger partial charge in [0, 0.05) is 19.1 Å². The van der Waals surface area contributed by atoms with Crippen molar-refractivity contribution in [2.75, 3.05) is 20.2 Å². The SMILES string of the molecule is COc1ccc2cc(C(C)NN3CCCCC3)ccc2c1. The fourth-order valence-corrected chi connectivity index (χ4v) is 3.01. The van der Waals surface area contributed by atoms with E-state index in [1.165, 1.54) is 35.6 Å². The molecule has 0 spiro atoms. The predicted octanol–water partition coefficient (Wildman–Crippen LogP) is 3.90. The van der Waals surface area contributed by atoms with Gasteiger partial charge in [-0.3, -0.25) is 0 Å². The molecule has 2 aromatic carbocycles. The van der Waals surface area contributed by atoms with Gasteiger partial charge in [0.15, 0.2) is 0 Å². The molecule has 3 nitrogen and oxygen atoms in total. The minimum Gasteiger partial charge on any atom is -0.497 e. The quantitative estimate of drug-likeness (QED) is 0.921. The molecular weight excluding hydrogens is 260 g/mol. The molecule has 1 aliphatic heterocycles. The van der Waals surface area contributed by atoms with Crippen molar-refractivity contribution in [3.8, 4) is 5.75 Å². The number of rotatable bonds is 4. The number of hydrogen-bond donors (Lipinski definition) is 1. The molecule has 3 heteroatoms. The molecule has 1 saturated heterocycles. The van der Waals surface area contributed by atoms with E-state index in [-0.39, 0.29) is 0 Å². The van der Waals surface area contributed by atoms with Crippen LogP contribution in [0.4, 0.5) is 0 Å². The largest absolute Gasteiger partial charge is 0.497 e. The number of hydrogen-bond acceptors (Lipinski definition) is 3. The van der Waals surface area contributed by atoms with E-state index in [4.69, 9.17) is 4.74 Å². The lowest BCUT2D eigenvalue weighted by Gasteiger charge is -2.30. The summed E-state index contributed by atoms with van der Waals surface area (Å²) in [6, 6.07) is 13.2. The number of nitrogens with one attached hydrogen (secondary N) is 1. The van der Waals surface area contributed by atoms with Crippen LogP contribution >= 0.6 is 0 Å². The van der Waals surface area contributed by atoms with E-state index in [0.29, 0.717) is 6.04 Å². The molecule has 1 fully saturated rings. The summed E-state index contributed by atoms with van der Waals surface area (Å²) >= 11 is 0. The van der Waals surface area contributed by atoms with Gasteiger partial charge in [-0.25, -0.2) is 10.4 Å². The first kappa shape index (κ1) is 14.4. The molecule has 112 valence electrons. The molecule has 1 N–H and O–H groups in total. The summed E-state index contributed by atoms with van der Waals surface area (Å²) in [4.78, 5) is 0. The number of ether oxygens (including phenoxy) is 1. The van der Waals surface area contributed by atoms with E-state index in [1.807, 2.05) is 6.07 Å². The van der Waals surface area contributed by atoms with Crippen LogP contribution in [0, 0.1) is 0 Å². The first-order valence-electron chi connectivity index (χ1n) is 7.85. The van der Waals surface area contributed by atoms with Gasteiger partial charge in [0.05, 0.1) is 7.11 Å². The normalized spacial score (nSPS) is 17.8. The minimum atomic E-state index is 0.342. The Balaban J connectivity index is 1.76. The molecular formula is C18H24N2O. The van der Waals surface area contributed by atoms with E-state index in [2.05, 4.69) is 47.7 Å². The van der Waals surface area contributed by atoms with Crippen molar-refractivity contribution in [2.45, 2.75) is 32.2 Å². The number of hydrazine groups is 1. The highest BCUT2D eigenvalue weighted by atomic mass is 16.5. The van der Waals surface area contributed by atoms with Crippen LogP contribution in [0.2, 0.25) is 0 Å². The molecule has 1 atom stereocenters. The third-order valence-corrected chi connectivity index (χ3v) is 4.30. The van der Waals surface area contributed by atoms with E-state index in [0.717, 1.165) is 18.8 Å². The minimum absolute atomic E-state index is 0.342. The molecule has 0 aromatic heterocycles. The first-order valence-corrected chi connectivity index (χ1v) is 7.85. The summed E-state index contributed by atoms with van der Waals surface area (Å²) in [6.45, 7) is 4.56. The molecule has 0 aliphatic carbocycles. The van der Waals surface area contributed by atoms with Crippen molar-refractivity contribution in [3.63, 3.8) is 0 Å². The lowest BCUT2D eigenvalue weighted by molar-refractivity contribution is 0.133. The molecule has 1 unspecified atom stereocenters. The Morgan fingerprint density at radius 3 is 2.48 bits per heavy atom. The van der Waals surface area contributed by atoms with Crippen LogP contribution in [0.5, 0.6) is 5.75 Å². The van der Waals surface area contributed by atoms with Gasteiger partial charge < -0.3 is 4.74 Å². The maximum Gasteiger partial charge on any atom is 0.119 e. The molecule has 0 radical (unpaired) electrons. The van der Waals surface area contributed by atoms with E-state index in [9.17, 15) is 0 Å². The smallest absolute Gasteiger partial charge is 0.119 e. The van der Waals surface area contributed by atoms with E-state index < -0.39 is 0 Å². The van der Waals surface area contributed by atoms with Gasteiger partial charge in [-0.1, -0.05) is 24.6 Å². The number of piperidine rings is 1. The van der Waals surface area contributed by atoms with Crippen LogP contribution in [0.25, 0.3) is 10.8 Å². The maximum absolute atomic E-state index is 5.28. The van der Waals surface area contributed by atoms with Crippen molar-refractivity contribution in [1.29, 1.82) is 0 Å². The molecule has 0 amide bonds. The van der Waals surface area contributed by atoms with Gasteiger partial charge >= 0.3 is 0 Å². The van der Waals surface area contributed by atoms with Crippen molar-refractivity contribution < 1.29 is 4.74 Å². The van der Waals surface area contributed by atoms with Crippen LogP contribution in [-0.4, -0.2) is 25.2 Å². The van der Waals surface area contributed by atoms with E-state index >= 15 is 0 Å². The second kappa shape index (κ2) is 6.46. The highest BCUT2D eigenvalue weighted by molar-refractivity contribution is 5.84. The number of nitrogens with zero attached hydrogens (tertiary/aromatic N) is 1. The van der Waals surface area contributed by atoms with Crippen molar-refractivity contribution in [2.24, 2.45) is 0 Å². The lowest BCUT2D eigenvalue weighted by Crippen LogP contribution is -2.42. The topological polar surface area (TPSA) is 24.5 Å². The Bertz CT molecular complexity index is 605. The molecule has 0 bridgehead atoms. The highest BCUT2D eigenvalue weighted by Gasteiger charge is 2.14. The van der Waals surface area contributed by atoms with E-state index in [1.54, 1.807) is 7.11 Å². The van der Waals surface area contributed by atoms with Crippen LogP contribution in [0.1, 0.15) is 37.8 Å². The maximum atomic E-state index is 5.28. The molecule has 1 heterocycles. The molecule has 21 heavy (non-hydrogen) atoms. The van der Waals surface area contributed by atoms with Crippen molar-refractivity contribution >= 4 is 10.8 Å². The number of fused-ring (bicyclic) bond motifs is 1. The monoisotopic (exact) mass is 284 g/mol. The van der Waals surface area contributed by atoms with Crippen molar-refractivity contribution in [1.82, 2.24) is 10.4 Å². The summed E-state index contributed by atoms with van der Waals surface area (Å²) in [5.74, 6) is 0.912. The van der Waals surface area contributed by atoms with Crippen LogP contribution in [-0.2, 0) is 0 Å². The fraction of sp³-hybridized carbons (Fsp3) is 0.444. The fourth-order valence-electron chi connectivity index (χ4n) is 3.01. The average molecular weight is 284 g/mol. The van der Waals surface area contributed by atoms with Gasteiger partial charge in [0.25, 0.3) is 0 Å². The summed E-state index contributed by atoms with van der Waals surface area (Å²) in [7, 11) is 1.71. The van der Waals surface area contributed by atoms with Crippen LogP contribution < -0.4 is 10.2 Å². The van der Waals surface area contributed by atoms with Crippen molar-refractivity contribution in [3.05, 3.63) is 42.0 Å². The molecule has 2 aromatic rings. The average Bonchev–Trinajstić information content (AvgIpc) is 2.54. The second-order valence-electron chi connectivity index (χ2n) is 5.87. The first-order chi connectivity index (χ1) is 10.3. The lowest BCUT2D eigenvalue weighted by atomic mass is 10.0. The molecule has 3 rings (SSSR count). The summed E-state index contributed by atoms with van der Waals surface area (Å²) in [6.07, 6.45) is 3.97. The van der Waals surface area contributed by atoms with Gasteiger partial charge in [0.1, 0.15) is 5.75 Å². The highest BCUT2D eigenvalue weighted by Crippen LogP contribution is 2.24. The number of benzene rings is 2. The zero-order valence-corrected chi connectivity index (χ0v) is 12.9. The van der Waals surface area contributed by atoms with Gasteiger partial charge in [-0.2, -0.15) is 0 Å². The van der Waals surface area contributed by atoms with Gasteiger partial charge in [-0.05, 0) is 54.3 Å². The predicted molar refractivity (Wildman–Crippen MR) is 87.5 cm³/mol. The zero-order valence-electron chi connectivity index (χ0n) is 12.9. The van der Waals surface area contributed by atoms with Gasteiger partial charge in [0.2, 0.25) is 0 Å². The Hall–Kier alpha value is -1.58. The standard InChI is InChI=1S/C18H24N2O/c1-14(19-20-10-4-3-5-11-20)15-6-7-17-13-18(21-2)9-8-16(17)12-15/h6-9,12-14,19H,3-5,10-11H2,1-2H3. The summed E-state index contributed by atoms with van der Waals surface area (Å²) in [5, 5.41) is 4.86. The molecule has 1 aliphatic rings. The Labute approximate surface area is 126 Å². The Morgan fingerprint density at radius 1 is 1.00 bits per heavy atom. The third kappa shape index (κ3) is 3.36. The Morgan fingerprint density at radius 2 is 1.71 bits per heavy atom. The third-order valence-electron chi connectivity index (χ3n) is 4.30. The zero-order chi connectivity index (χ0) is 14.7. The summed E-state index contributed by atoms with van der Waals surface area (Å²) < 4.78 is 5.28. The number of methoxy groups -OCH3 is 1. The van der Waals surface area contributed by atoms with Gasteiger partial charge in [-0.15, -0.1) is 0 Å². The summed E-state index contributed by atoms with van der Waals surface area (Å²) in [5.41, 5.74) is 4.96. The second-order valence-corrected chi connectivity index (χ2v) is 5.87.